The molecule has 1 rings (SSSR count). The first-order valence-electron chi connectivity index (χ1n) is 3.42. The second-order valence-corrected chi connectivity index (χ2v) is 2.22. The van der Waals surface area contributed by atoms with E-state index in [2.05, 4.69) is 10.9 Å². The van der Waals surface area contributed by atoms with Gasteiger partial charge in [0.25, 0.3) is 0 Å². The molecular weight excluding hydrogens is 140 g/mol. The van der Waals surface area contributed by atoms with Gasteiger partial charge in [0, 0.05) is 19.2 Å². The predicted molar refractivity (Wildman–Crippen MR) is 41.6 cm³/mol. The maximum absolute atomic E-state index is 8.66. The lowest BCUT2D eigenvalue weighted by Crippen LogP contribution is -1.92. The minimum absolute atomic E-state index is 0.0109. The molecule has 0 aromatic carbocycles. The normalized spacial score (nSPS) is 9.45. The number of nitrogens with zero attached hydrogens (tertiary/aromatic N) is 2. The molecule has 11 heavy (non-hydrogen) atoms. The quantitative estimate of drug-likeness (QED) is 0.633. The van der Waals surface area contributed by atoms with E-state index in [1.54, 1.807) is 12.5 Å². The number of hydrogen-bond donors (Lipinski definition) is 1. The summed E-state index contributed by atoms with van der Waals surface area (Å²) < 4.78 is 1.87. The van der Waals surface area contributed by atoms with Crippen LogP contribution in [0.2, 0.25) is 0 Å². The van der Waals surface area contributed by atoms with Gasteiger partial charge in [0.2, 0.25) is 0 Å². The van der Waals surface area contributed by atoms with Crippen LogP contribution in [0.1, 0.15) is 12.1 Å². The number of rotatable bonds is 3. The molecule has 0 aliphatic carbocycles. The number of aliphatic hydroxyl groups is 1. The summed E-state index contributed by atoms with van der Waals surface area (Å²) in [5.41, 5.74) is 0.682. The Labute approximate surface area is 65.7 Å². The van der Waals surface area contributed by atoms with Crippen LogP contribution in [0.5, 0.6) is 0 Å². The molecule has 1 aromatic rings. The first-order valence-corrected chi connectivity index (χ1v) is 3.42. The van der Waals surface area contributed by atoms with Gasteiger partial charge in [-0.1, -0.05) is 0 Å². The van der Waals surface area contributed by atoms with E-state index in [1.807, 2.05) is 4.57 Å². The van der Waals surface area contributed by atoms with Crippen LogP contribution in [-0.4, -0.2) is 14.7 Å². The molecule has 58 valence electrons. The van der Waals surface area contributed by atoms with Gasteiger partial charge in [0.05, 0.1) is 18.6 Å². The van der Waals surface area contributed by atoms with Crippen LogP contribution >= 0.6 is 0 Å². The Kier molecular flexibility index (Phi) is 2.70. The fraction of sp³-hybridized carbons (Fsp3) is 0.375. The molecule has 0 spiro atoms. The van der Waals surface area contributed by atoms with Crippen molar-refractivity contribution in [2.45, 2.75) is 19.6 Å². The highest BCUT2D eigenvalue weighted by Crippen LogP contribution is 1.96. The van der Waals surface area contributed by atoms with E-state index >= 15 is 0 Å². The predicted octanol–water partition coefficient (Wildman–Crippen LogP) is 0.399. The lowest BCUT2D eigenvalue weighted by atomic mass is 10.4. The number of terminal acetylenes is 1. The van der Waals surface area contributed by atoms with Crippen molar-refractivity contribution in [1.29, 1.82) is 0 Å². The Morgan fingerprint density at radius 1 is 1.73 bits per heavy atom. The van der Waals surface area contributed by atoms with Crippen LogP contribution in [0.15, 0.2) is 12.5 Å². The number of hydrogen-bond acceptors (Lipinski definition) is 2. The summed E-state index contributed by atoms with van der Waals surface area (Å²) in [6.45, 7) is 0.757. The smallest absolute Gasteiger partial charge is 0.0950 e. The van der Waals surface area contributed by atoms with Crippen molar-refractivity contribution in [3.05, 3.63) is 18.2 Å². The minimum atomic E-state index is -0.0109. The maximum Gasteiger partial charge on any atom is 0.0950 e. The molecule has 0 aliphatic heterocycles. The highest BCUT2D eigenvalue weighted by atomic mass is 16.3. The van der Waals surface area contributed by atoms with Gasteiger partial charge >= 0.3 is 0 Å². The van der Waals surface area contributed by atoms with E-state index in [0.29, 0.717) is 12.1 Å². The standard InChI is InChI=1S/C8H10N2O/c1-2-3-4-10-5-8(6-11)9-7-10/h1,5,7,11H,3-4,6H2. The summed E-state index contributed by atoms with van der Waals surface area (Å²) in [7, 11) is 0. The molecule has 3 heteroatoms. The molecule has 0 saturated carbocycles. The molecule has 1 aromatic heterocycles. The van der Waals surface area contributed by atoms with Gasteiger partial charge in [0.15, 0.2) is 0 Å². The van der Waals surface area contributed by atoms with Crippen LogP contribution in [0.25, 0.3) is 0 Å². The van der Waals surface area contributed by atoms with E-state index in [1.165, 1.54) is 0 Å². The van der Waals surface area contributed by atoms with Gasteiger partial charge in [-0.3, -0.25) is 0 Å². The third kappa shape index (κ3) is 2.10. The van der Waals surface area contributed by atoms with Crippen molar-refractivity contribution < 1.29 is 5.11 Å². The minimum Gasteiger partial charge on any atom is -0.390 e. The lowest BCUT2D eigenvalue weighted by molar-refractivity contribution is 0.277. The Balaban J connectivity index is 2.53. The van der Waals surface area contributed by atoms with Gasteiger partial charge in [-0.15, -0.1) is 12.3 Å². The summed E-state index contributed by atoms with van der Waals surface area (Å²) in [4.78, 5) is 3.93. The zero-order valence-corrected chi connectivity index (χ0v) is 6.20. The number of aryl methyl sites for hydroxylation is 1. The highest BCUT2D eigenvalue weighted by molar-refractivity contribution is 4.95. The number of aromatic nitrogens is 2. The van der Waals surface area contributed by atoms with Gasteiger partial charge in [-0.25, -0.2) is 4.98 Å². The molecule has 1 heterocycles. The zero-order chi connectivity index (χ0) is 8.10. The SMILES string of the molecule is C#CCCn1cnc(CO)c1. The fourth-order valence-corrected chi connectivity index (χ4v) is 0.804. The fourth-order valence-electron chi connectivity index (χ4n) is 0.804. The molecule has 0 atom stereocenters. The molecule has 3 nitrogen and oxygen atoms in total. The molecule has 0 unspecified atom stereocenters. The zero-order valence-electron chi connectivity index (χ0n) is 6.20. The monoisotopic (exact) mass is 150 g/mol. The van der Waals surface area contributed by atoms with Crippen molar-refractivity contribution >= 4 is 0 Å². The van der Waals surface area contributed by atoms with E-state index in [0.717, 1.165) is 6.54 Å². The average Bonchev–Trinajstić information content (AvgIpc) is 2.48. The first kappa shape index (κ1) is 7.83. The second kappa shape index (κ2) is 3.79. The molecule has 0 radical (unpaired) electrons. The average molecular weight is 150 g/mol. The van der Waals surface area contributed by atoms with Crippen LogP contribution < -0.4 is 0 Å². The van der Waals surface area contributed by atoms with Crippen molar-refractivity contribution in [2.24, 2.45) is 0 Å². The van der Waals surface area contributed by atoms with Crippen molar-refractivity contribution in [3.8, 4) is 12.3 Å². The molecular formula is C8H10N2O. The topological polar surface area (TPSA) is 38.0 Å². The summed E-state index contributed by atoms with van der Waals surface area (Å²) in [6, 6.07) is 0. The number of imidazole rings is 1. The van der Waals surface area contributed by atoms with Crippen molar-refractivity contribution in [1.82, 2.24) is 9.55 Å². The maximum atomic E-state index is 8.66. The third-order valence-electron chi connectivity index (χ3n) is 1.36. The molecule has 0 aliphatic rings. The van der Waals surface area contributed by atoms with Gasteiger partial charge in [0.1, 0.15) is 0 Å². The summed E-state index contributed by atoms with van der Waals surface area (Å²) in [6.07, 6.45) is 9.24. The summed E-state index contributed by atoms with van der Waals surface area (Å²) >= 11 is 0. The van der Waals surface area contributed by atoms with E-state index < -0.39 is 0 Å². The van der Waals surface area contributed by atoms with Crippen LogP contribution in [-0.2, 0) is 13.2 Å². The molecule has 0 fully saturated rings. The Morgan fingerprint density at radius 3 is 3.09 bits per heavy atom. The van der Waals surface area contributed by atoms with E-state index in [9.17, 15) is 0 Å². The Bertz CT molecular complexity index is 259. The molecule has 0 saturated heterocycles. The Hall–Kier alpha value is -1.27. The van der Waals surface area contributed by atoms with Crippen LogP contribution in [0.4, 0.5) is 0 Å². The van der Waals surface area contributed by atoms with Gasteiger partial charge in [-0.2, -0.15) is 0 Å². The van der Waals surface area contributed by atoms with Crippen LogP contribution in [0.3, 0.4) is 0 Å². The van der Waals surface area contributed by atoms with E-state index in [-0.39, 0.29) is 6.61 Å². The number of aliphatic hydroxyl groups excluding tert-OH is 1. The van der Waals surface area contributed by atoms with Gasteiger partial charge < -0.3 is 9.67 Å². The summed E-state index contributed by atoms with van der Waals surface area (Å²) in [5, 5.41) is 8.66. The highest BCUT2D eigenvalue weighted by Gasteiger charge is 1.94. The van der Waals surface area contributed by atoms with Crippen LogP contribution in [0, 0.1) is 12.3 Å². The first-order chi connectivity index (χ1) is 5.36. The molecule has 1 N–H and O–H groups in total. The van der Waals surface area contributed by atoms with E-state index in [4.69, 9.17) is 11.5 Å². The Morgan fingerprint density at radius 2 is 2.55 bits per heavy atom. The second-order valence-electron chi connectivity index (χ2n) is 2.22. The van der Waals surface area contributed by atoms with Crippen molar-refractivity contribution in [3.63, 3.8) is 0 Å². The lowest BCUT2D eigenvalue weighted by Gasteiger charge is -1.94. The largest absolute Gasteiger partial charge is 0.390 e. The molecule has 0 amide bonds. The van der Waals surface area contributed by atoms with Gasteiger partial charge in [-0.05, 0) is 0 Å². The third-order valence-corrected chi connectivity index (χ3v) is 1.36. The van der Waals surface area contributed by atoms with Crippen molar-refractivity contribution in [2.75, 3.05) is 0 Å². The summed E-state index contributed by atoms with van der Waals surface area (Å²) in [5.74, 6) is 2.53. The molecule has 0 bridgehead atoms.